The minimum absolute atomic E-state index is 0.236. The molecule has 1 N–H and O–H groups in total. The quantitative estimate of drug-likeness (QED) is 0.253. The van der Waals surface area contributed by atoms with E-state index in [2.05, 4.69) is 17.5 Å². The van der Waals surface area contributed by atoms with Crippen molar-refractivity contribution in [3.8, 4) is 5.75 Å². The molecule has 0 heterocycles. The molecule has 1 amide bonds. The highest BCUT2D eigenvalue weighted by atomic mass is 16.6. The zero-order valence-corrected chi connectivity index (χ0v) is 16.4. The Balaban J connectivity index is 1.94. The van der Waals surface area contributed by atoms with Crippen LogP contribution in [0.5, 0.6) is 5.75 Å². The van der Waals surface area contributed by atoms with Crippen molar-refractivity contribution in [3.05, 3.63) is 73.8 Å². The van der Waals surface area contributed by atoms with Crippen molar-refractivity contribution >= 4 is 23.5 Å². The molecule has 0 bridgehead atoms. The summed E-state index contributed by atoms with van der Waals surface area (Å²) in [5.41, 5.74) is 1.55. The summed E-state index contributed by atoms with van der Waals surface area (Å²) >= 11 is 0. The molecule has 2 aromatic carbocycles. The number of ether oxygens (including phenoxy) is 1. The molecular formula is C20H22N4O6. The molecule has 0 fully saturated rings. The maximum atomic E-state index is 12.1. The first kappa shape index (κ1) is 22.5. The van der Waals surface area contributed by atoms with E-state index in [9.17, 15) is 25.0 Å². The van der Waals surface area contributed by atoms with E-state index in [0.29, 0.717) is 12.2 Å². The minimum atomic E-state index is -0.805. The van der Waals surface area contributed by atoms with Crippen LogP contribution in [0.3, 0.4) is 0 Å². The predicted octanol–water partition coefficient (Wildman–Crippen LogP) is 4.23. The molecule has 0 aromatic heterocycles. The number of carbonyl (C=O) groups excluding carboxylic acids is 1. The highest BCUT2D eigenvalue weighted by Crippen LogP contribution is 2.22. The standard InChI is InChI=1S/C20H22N4O6/c1-2-3-4-5-10-30-19-8-6-15(7-9-19)14-21-22-20(25)16-11-17(23(26)27)13-18(12-16)24(28)29/h6-9,11-14H,2-5,10H2,1H3,(H,22,25)/b21-14+. The summed E-state index contributed by atoms with van der Waals surface area (Å²) in [7, 11) is 0. The number of amides is 1. The van der Waals surface area contributed by atoms with Gasteiger partial charge in [-0.1, -0.05) is 26.2 Å². The SMILES string of the molecule is CCCCCCOc1ccc(/C=N/NC(=O)c2cc([N+](=O)[O-])cc([N+](=O)[O-])c2)cc1. The van der Waals surface area contributed by atoms with Crippen LogP contribution in [0, 0.1) is 20.2 Å². The van der Waals surface area contributed by atoms with Crippen molar-refractivity contribution in [2.45, 2.75) is 32.6 Å². The van der Waals surface area contributed by atoms with Crippen molar-refractivity contribution in [1.29, 1.82) is 0 Å². The van der Waals surface area contributed by atoms with Crippen molar-refractivity contribution < 1.29 is 19.4 Å². The molecule has 0 unspecified atom stereocenters. The molecular weight excluding hydrogens is 392 g/mol. The molecule has 30 heavy (non-hydrogen) atoms. The lowest BCUT2D eigenvalue weighted by atomic mass is 10.1. The fraction of sp³-hybridized carbons (Fsp3) is 0.300. The zero-order chi connectivity index (χ0) is 21.9. The topological polar surface area (TPSA) is 137 Å². The summed E-state index contributed by atoms with van der Waals surface area (Å²) in [6.07, 6.45) is 5.87. The molecule has 0 saturated carbocycles. The molecule has 0 aliphatic carbocycles. The zero-order valence-electron chi connectivity index (χ0n) is 16.4. The van der Waals surface area contributed by atoms with Gasteiger partial charge in [0.1, 0.15) is 5.75 Å². The number of nitrogens with zero attached hydrogens (tertiary/aromatic N) is 3. The second-order valence-corrected chi connectivity index (χ2v) is 6.43. The van der Waals surface area contributed by atoms with E-state index in [0.717, 1.165) is 36.8 Å². The number of hydrogen-bond donors (Lipinski definition) is 1. The highest BCUT2D eigenvalue weighted by Gasteiger charge is 2.19. The van der Waals surface area contributed by atoms with E-state index < -0.39 is 27.1 Å². The normalized spacial score (nSPS) is 10.7. The number of rotatable bonds is 11. The van der Waals surface area contributed by atoms with Crippen molar-refractivity contribution in [1.82, 2.24) is 5.43 Å². The van der Waals surface area contributed by atoms with Crippen LogP contribution in [0.1, 0.15) is 48.5 Å². The largest absolute Gasteiger partial charge is 0.494 e. The Labute approximate surface area is 172 Å². The second-order valence-electron chi connectivity index (χ2n) is 6.43. The fourth-order valence-corrected chi connectivity index (χ4v) is 2.54. The number of nitro benzene ring substituents is 2. The lowest BCUT2D eigenvalue weighted by molar-refractivity contribution is -0.394. The minimum Gasteiger partial charge on any atom is -0.494 e. The van der Waals surface area contributed by atoms with E-state index in [1.54, 1.807) is 24.3 Å². The number of carbonyl (C=O) groups is 1. The number of non-ortho nitro benzene ring substituents is 2. The molecule has 10 heteroatoms. The maximum Gasteiger partial charge on any atom is 0.277 e. The second kappa shape index (κ2) is 11.2. The Morgan fingerprint density at radius 2 is 1.67 bits per heavy atom. The number of benzene rings is 2. The van der Waals surface area contributed by atoms with Crippen LogP contribution in [-0.4, -0.2) is 28.6 Å². The first-order chi connectivity index (χ1) is 14.4. The van der Waals surface area contributed by atoms with Gasteiger partial charge in [-0.15, -0.1) is 0 Å². The van der Waals surface area contributed by atoms with Crippen LogP contribution in [0.15, 0.2) is 47.6 Å². The Bertz CT molecular complexity index is 895. The molecule has 0 saturated heterocycles. The van der Waals surface area contributed by atoms with Gasteiger partial charge in [0.05, 0.1) is 34.3 Å². The maximum absolute atomic E-state index is 12.1. The van der Waals surface area contributed by atoms with Gasteiger partial charge in [0, 0.05) is 12.1 Å². The summed E-state index contributed by atoms with van der Waals surface area (Å²) in [4.78, 5) is 32.3. The molecule has 10 nitrogen and oxygen atoms in total. The Kier molecular flexibility index (Phi) is 8.42. The van der Waals surface area contributed by atoms with Crippen LogP contribution < -0.4 is 10.2 Å². The average Bonchev–Trinajstić information content (AvgIpc) is 2.74. The van der Waals surface area contributed by atoms with Crippen LogP contribution in [0.2, 0.25) is 0 Å². The van der Waals surface area contributed by atoms with E-state index in [1.807, 2.05) is 0 Å². The van der Waals surface area contributed by atoms with Crippen LogP contribution in [0.25, 0.3) is 0 Å². The third-order valence-electron chi connectivity index (χ3n) is 4.11. The number of unbranched alkanes of at least 4 members (excludes halogenated alkanes) is 3. The molecule has 158 valence electrons. The molecule has 2 aromatic rings. The Morgan fingerprint density at radius 3 is 2.23 bits per heavy atom. The molecule has 0 spiro atoms. The number of nitrogens with one attached hydrogen (secondary N) is 1. The van der Waals surface area contributed by atoms with Gasteiger partial charge in [0.25, 0.3) is 17.3 Å². The van der Waals surface area contributed by atoms with Gasteiger partial charge in [-0.05, 0) is 36.2 Å². The van der Waals surface area contributed by atoms with Crippen molar-refractivity contribution in [2.24, 2.45) is 5.10 Å². The van der Waals surface area contributed by atoms with E-state index in [-0.39, 0.29) is 5.56 Å². The van der Waals surface area contributed by atoms with Crippen molar-refractivity contribution in [2.75, 3.05) is 6.61 Å². The van der Waals surface area contributed by atoms with Gasteiger partial charge in [-0.25, -0.2) is 5.43 Å². The third kappa shape index (κ3) is 6.97. The van der Waals surface area contributed by atoms with Gasteiger partial charge in [0.15, 0.2) is 0 Å². The van der Waals surface area contributed by atoms with Gasteiger partial charge in [0.2, 0.25) is 0 Å². The molecule has 2 rings (SSSR count). The van der Waals surface area contributed by atoms with Crippen LogP contribution in [0.4, 0.5) is 11.4 Å². The molecule has 0 atom stereocenters. The molecule has 0 radical (unpaired) electrons. The molecule has 0 aliphatic heterocycles. The van der Waals surface area contributed by atoms with Gasteiger partial charge in [-0.3, -0.25) is 25.0 Å². The third-order valence-corrected chi connectivity index (χ3v) is 4.11. The van der Waals surface area contributed by atoms with E-state index in [1.165, 1.54) is 19.1 Å². The summed E-state index contributed by atoms with van der Waals surface area (Å²) in [5.74, 6) is -0.0679. The lowest BCUT2D eigenvalue weighted by Gasteiger charge is -2.06. The van der Waals surface area contributed by atoms with E-state index >= 15 is 0 Å². The molecule has 0 aliphatic rings. The Hall–Kier alpha value is -3.82. The summed E-state index contributed by atoms with van der Waals surface area (Å²) in [5, 5.41) is 25.6. The number of nitro groups is 2. The Morgan fingerprint density at radius 1 is 1.03 bits per heavy atom. The lowest BCUT2D eigenvalue weighted by Crippen LogP contribution is -2.18. The number of hydrazone groups is 1. The monoisotopic (exact) mass is 414 g/mol. The van der Waals surface area contributed by atoms with Gasteiger partial charge < -0.3 is 4.74 Å². The predicted molar refractivity (Wildman–Crippen MR) is 111 cm³/mol. The highest BCUT2D eigenvalue weighted by molar-refractivity contribution is 5.96. The number of hydrogen-bond acceptors (Lipinski definition) is 7. The van der Waals surface area contributed by atoms with Gasteiger partial charge >= 0.3 is 0 Å². The van der Waals surface area contributed by atoms with Gasteiger partial charge in [-0.2, -0.15) is 5.10 Å². The van der Waals surface area contributed by atoms with Crippen molar-refractivity contribution in [3.63, 3.8) is 0 Å². The summed E-state index contributed by atoms with van der Waals surface area (Å²) < 4.78 is 5.64. The average molecular weight is 414 g/mol. The van der Waals surface area contributed by atoms with E-state index in [4.69, 9.17) is 4.74 Å². The first-order valence-corrected chi connectivity index (χ1v) is 9.41. The smallest absolute Gasteiger partial charge is 0.277 e. The van der Waals surface area contributed by atoms with Crippen LogP contribution >= 0.6 is 0 Å². The summed E-state index contributed by atoms with van der Waals surface area (Å²) in [6, 6.07) is 9.77. The van der Waals surface area contributed by atoms with Crippen LogP contribution in [-0.2, 0) is 0 Å². The first-order valence-electron chi connectivity index (χ1n) is 9.41. The fourth-order valence-electron chi connectivity index (χ4n) is 2.54. The summed E-state index contributed by atoms with van der Waals surface area (Å²) in [6.45, 7) is 2.80.